The molecule has 2 aliphatic rings. The molecule has 4 rings (SSSR count). The van der Waals surface area contributed by atoms with Crippen LogP contribution in [0.25, 0.3) is 0 Å². The summed E-state index contributed by atoms with van der Waals surface area (Å²) in [5, 5.41) is 9.23. The van der Waals surface area contributed by atoms with Crippen molar-refractivity contribution in [1.82, 2.24) is 24.6 Å². The van der Waals surface area contributed by atoms with Crippen LogP contribution in [0, 0.1) is 0 Å². The predicted octanol–water partition coefficient (Wildman–Crippen LogP) is 1.25. The molecule has 1 amide bonds. The number of nitrogens with one attached hydrogen (secondary N) is 1. The van der Waals surface area contributed by atoms with Gasteiger partial charge < -0.3 is 9.64 Å². The monoisotopic (exact) mass is 423 g/mol. The first-order chi connectivity index (χ1) is 13.7. The molecule has 4 heterocycles. The molecule has 2 fully saturated rings. The van der Waals surface area contributed by atoms with E-state index in [1.807, 2.05) is 4.90 Å². The van der Waals surface area contributed by atoms with Crippen LogP contribution in [-0.4, -0.2) is 75.1 Å². The largest absolute Gasteiger partial charge is 0.376 e. The molecule has 1 N–H and O–H groups in total. The maximum absolute atomic E-state index is 12.6. The quantitative estimate of drug-likeness (QED) is 0.675. The molecule has 10 heteroatoms. The third-order valence-electron chi connectivity index (χ3n) is 5.14. The highest BCUT2D eigenvalue weighted by Crippen LogP contribution is 2.19. The number of nitrogens with zero attached hydrogens (tertiary/aromatic N) is 4. The first-order valence-electron chi connectivity index (χ1n) is 9.61. The molecule has 1 unspecified atom stereocenters. The first kappa shape index (κ1) is 19.7. The van der Waals surface area contributed by atoms with E-state index in [0.717, 1.165) is 52.2 Å². The van der Waals surface area contributed by atoms with Crippen LogP contribution in [0.2, 0.25) is 0 Å². The van der Waals surface area contributed by atoms with Gasteiger partial charge in [-0.25, -0.2) is 9.89 Å². The van der Waals surface area contributed by atoms with Crippen molar-refractivity contribution >= 4 is 29.0 Å². The van der Waals surface area contributed by atoms with E-state index in [2.05, 4.69) is 32.6 Å². The Balaban J connectivity index is 1.25. The Labute approximate surface area is 171 Å². The van der Waals surface area contributed by atoms with Crippen molar-refractivity contribution in [2.24, 2.45) is 0 Å². The maximum Gasteiger partial charge on any atom is 0.344 e. The second-order valence-electron chi connectivity index (χ2n) is 7.08. The first-order valence-corrected chi connectivity index (χ1v) is 11.5. The minimum absolute atomic E-state index is 0.0572. The lowest BCUT2D eigenvalue weighted by atomic mass is 10.2. The Morgan fingerprint density at radius 1 is 1.36 bits per heavy atom. The molecule has 28 heavy (non-hydrogen) atoms. The highest BCUT2D eigenvalue weighted by atomic mass is 32.2. The Hall–Kier alpha value is -1.62. The van der Waals surface area contributed by atoms with Gasteiger partial charge in [0.15, 0.2) is 5.16 Å². The van der Waals surface area contributed by atoms with E-state index in [4.69, 9.17) is 4.74 Å². The van der Waals surface area contributed by atoms with Crippen molar-refractivity contribution < 1.29 is 9.53 Å². The lowest BCUT2D eigenvalue weighted by Gasteiger charge is -2.34. The molecule has 2 aliphatic heterocycles. The molecule has 0 aromatic carbocycles. The fraction of sp³-hybridized carbons (Fsp3) is 0.611. The third kappa shape index (κ3) is 4.86. The van der Waals surface area contributed by atoms with Crippen molar-refractivity contribution in [3.8, 4) is 0 Å². The number of aromatic nitrogens is 3. The van der Waals surface area contributed by atoms with Gasteiger partial charge in [-0.3, -0.25) is 14.3 Å². The van der Waals surface area contributed by atoms with Crippen LogP contribution in [0.4, 0.5) is 0 Å². The second-order valence-corrected chi connectivity index (χ2v) is 9.06. The van der Waals surface area contributed by atoms with Gasteiger partial charge in [0.1, 0.15) is 0 Å². The number of hydrogen-bond donors (Lipinski definition) is 1. The summed E-state index contributed by atoms with van der Waals surface area (Å²) in [7, 11) is 0. The fourth-order valence-electron chi connectivity index (χ4n) is 3.56. The Morgan fingerprint density at radius 3 is 2.93 bits per heavy atom. The summed E-state index contributed by atoms with van der Waals surface area (Å²) in [4.78, 5) is 30.3. The van der Waals surface area contributed by atoms with E-state index in [0.29, 0.717) is 17.5 Å². The van der Waals surface area contributed by atoms with E-state index in [1.54, 1.807) is 15.9 Å². The van der Waals surface area contributed by atoms with Gasteiger partial charge >= 0.3 is 5.69 Å². The molecule has 2 aromatic rings. The van der Waals surface area contributed by atoms with Crippen molar-refractivity contribution in [3.63, 3.8) is 0 Å². The zero-order valence-corrected chi connectivity index (χ0v) is 17.3. The number of hydrogen-bond acceptors (Lipinski definition) is 7. The molecule has 0 saturated carbocycles. The van der Waals surface area contributed by atoms with Crippen LogP contribution in [0.5, 0.6) is 0 Å². The van der Waals surface area contributed by atoms with Gasteiger partial charge in [0.2, 0.25) is 5.91 Å². The van der Waals surface area contributed by atoms with Gasteiger partial charge in [-0.1, -0.05) is 17.8 Å². The lowest BCUT2D eigenvalue weighted by molar-refractivity contribution is -0.130. The highest BCUT2D eigenvalue weighted by molar-refractivity contribution is 7.99. The molecule has 0 radical (unpaired) electrons. The zero-order valence-electron chi connectivity index (χ0n) is 15.7. The number of amides is 1. The van der Waals surface area contributed by atoms with E-state index in [9.17, 15) is 9.59 Å². The molecular formula is C18H25N5O3S2. The number of thioether (sulfide) groups is 1. The molecule has 1 atom stereocenters. The number of piperazine rings is 1. The normalized spacial score (nSPS) is 20.7. The molecule has 8 nitrogen and oxygen atoms in total. The van der Waals surface area contributed by atoms with Gasteiger partial charge in [0.05, 0.1) is 18.4 Å². The molecule has 0 spiro atoms. The van der Waals surface area contributed by atoms with Gasteiger partial charge in [0, 0.05) is 44.2 Å². The van der Waals surface area contributed by atoms with Crippen molar-refractivity contribution in [3.05, 3.63) is 32.9 Å². The summed E-state index contributed by atoms with van der Waals surface area (Å²) in [5.41, 5.74) is -0.243. The second kappa shape index (κ2) is 9.25. The number of H-pyrrole nitrogens is 1. The van der Waals surface area contributed by atoms with Crippen LogP contribution in [-0.2, 0) is 22.6 Å². The summed E-state index contributed by atoms with van der Waals surface area (Å²) < 4.78 is 7.20. The van der Waals surface area contributed by atoms with Crippen LogP contribution < -0.4 is 5.69 Å². The van der Waals surface area contributed by atoms with Crippen molar-refractivity contribution in [2.45, 2.75) is 37.2 Å². The summed E-state index contributed by atoms with van der Waals surface area (Å²) in [6.07, 6.45) is 2.04. The molecule has 2 aromatic heterocycles. The Bertz CT molecular complexity index is 821. The van der Waals surface area contributed by atoms with Gasteiger partial charge in [-0.15, -0.1) is 16.4 Å². The number of carbonyl (C=O) groups is 1. The minimum Gasteiger partial charge on any atom is -0.376 e. The average Bonchev–Trinajstić information content (AvgIpc) is 3.46. The molecular weight excluding hydrogens is 398 g/mol. The van der Waals surface area contributed by atoms with Gasteiger partial charge in [-0.05, 0) is 24.3 Å². The summed E-state index contributed by atoms with van der Waals surface area (Å²) >= 11 is 3.09. The Kier molecular flexibility index (Phi) is 6.50. The van der Waals surface area contributed by atoms with Crippen LogP contribution in [0.3, 0.4) is 0 Å². The average molecular weight is 424 g/mol. The molecule has 0 aliphatic carbocycles. The smallest absolute Gasteiger partial charge is 0.344 e. The third-order valence-corrected chi connectivity index (χ3v) is 6.97. The van der Waals surface area contributed by atoms with Crippen LogP contribution in [0.15, 0.2) is 27.5 Å². The van der Waals surface area contributed by atoms with E-state index in [1.165, 1.54) is 16.6 Å². The minimum atomic E-state index is -0.243. The van der Waals surface area contributed by atoms with Gasteiger partial charge in [-0.2, -0.15) is 0 Å². The summed E-state index contributed by atoms with van der Waals surface area (Å²) in [6, 6.07) is 4.23. The number of carbonyl (C=O) groups excluding carboxylic acids is 1. The Morgan fingerprint density at radius 2 is 2.21 bits per heavy atom. The van der Waals surface area contributed by atoms with E-state index < -0.39 is 0 Å². The fourth-order valence-corrected chi connectivity index (χ4v) is 5.17. The predicted molar refractivity (Wildman–Crippen MR) is 109 cm³/mol. The van der Waals surface area contributed by atoms with Crippen LogP contribution >= 0.6 is 23.1 Å². The number of rotatable bonds is 7. The maximum atomic E-state index is 12.6. The zero-order chi connectivity index (χ0) is 19.3. The SMILES string of the molecule is O=C(CSc1n[nH]c(=O)n1CC1CCCO1)N1CCN(Cc2cccs2)CC1. The van der Waals surface area contributed by atoms with E-state index in [-0.39, 0.29) is 17.7 Å². The number of aromatic amines is 1. The van der Waals surface area contributed by atoms with Gasteiger partial charge in [0.25, 0.3) is 0 Å². The van der Waals surface area contributed by atoms with E-state index >= 15 is 0 Å². The summed E-state index contributed by atoms with van der Waals surface area (Å²) in [5.74, 6) is 0.390. The number of thiophene rings is 1. The highest BCUT2D eigenvalue weighted by Gasteiger charge is 2.23. The van der Waals surface area contributed by atoms with Crippen molar-refractivity contribution in [2.75, 3.05) is 38.5 Å². The molecule has 0 bridgehead atoms. The molecule has 2 saturated heterocycles. The standard InChI is InChI=1S/C18H25N5O3S2/c24-16(22-7-5-21(6-8-22)12-15-4-2-10-27-15)13-28-18-20-19-17(25)23(18)11-14-3-1-9-26-14/h2,4,10,14H,1,3,5-9,11-13H2,(H,19,25). The van der Waals surface area contributed by atoms with Crippen molar-refractivity contribution in [1.29, 1.82) is 0 Å². The molecule has 152 valence electrons. The summed E-state index contributed by atoms with van der Waals surface area (Å²) in [6.45, 7) is 5.46. The van der Waals surface area contributed by atoms with Crippen LogP contribution in [0.1, 0.15) is 17.7 Å². The topological polar surface area (TPSA) is 83.5 Å². The lowest BCUT2D eigenvalue weighted by Crippen LogP contribution is -2.48. The number of ether oxygens (including phenoxy) is 1.